The first-order valence-electron chi connectivity index (χ1n) is 8.44. The minimum absolute atomic E-state index is 0.263. The Morgan fingerprint density at radius 2 is 1.96 bits per heavy atom. The van der Waals surface area contributed by atoms with Gasteiger partial charge in [0.15, 0.2) is 0 Å². The number of carbonyl (C=O) groups is 2. The second-order valence-corrected chi connectivity index (χ2v) is 7.33. The van der Waals surface area contributed by atoms with Crippen molar-refractivity contribution in [3.63, 3.8) is 0 Å². The van der Waals surface area contributed by atoms with Gasteiger partial charge in [-0.3, -0.25) is 14.3 Å². The molecule has 26 heavy (non-hydrogen) atoms. The third-order valence-electron chi connectivity index (χ3n) is 4.67. The van der Waals surface area contributed by atoms with Gasteiger partial charge in [0, 0.05) is 16.2 Å². The van der Waals surface area contributed by atoms with Crippen LogP contribution in [-0.4, -0.2) is 26.8 Å². The van der Waals surface area contributed by atoms with Gasteiger partial charge in [0.2, 0.25) is 5.91 Å². The lowest BCUT2D eigenvalue weighted by atomic mass is 9.78. The minimum Gasteiger partial charge on any atom is -0.481 e. The Bertz CT molecular complexity index is 822. The number of amides is 1. The fourth-order valence-electron chi connectivity index (χ4n) is 3.31. The van der Waals surface area contributed by atoms with Crippen molar-refractivity contribution in [1.82, 2.24) is 9.78 Å². The molecule has 0 spiro atoms. The monoisotopic (exact) mass is 395 g/mol. The molecule has 2 N–H and O–H groups in total. The Balaban J connectivity index is 1.66. The van der Waals surface area contributed by atoms with Crippen LogP contribution in [0.25, 0.3) is 0 Å². The van der Waals surface area contributed by atoms with E-state index in [4.69, 9.17) is 23.2 Å². The molecule has 1 fully saturated rings. The van der Waals surface area contributed by atoms with E-state index in [2.05, 4.69) is 10.4 Å². The van der Waals surface area contributed by atoms with E-state index in [-0.39, 0.29) is 5.91 Å². The number of nitrogens with one attached hydrogen (secondary N) is 1. The predicted octanol–water partition coefficient (Wildman–Crippen LogP) is 4.07. The average Bonchev–Trinajstić information content (AvgIpc) is 3.04. The van der Waals surface area contributed by atoms with Crippen LogP contribution in [0.15, 0.2) is 30.6 Å². The Kier molecular flexibility index (Phi) is 5.84. The van der Waals surface area contributed by atoms with Crippen LogP contribution in [0.5, 0.6) is 0 Å². The van der Waals surface area contributed by atoms with Crippen LogP contribution in [0.4, 0.5) is 5.69 Å². The summed E-state index contributed by atoms with van der Waals surface area (Å²) in [5.41, 5.74) is 1.39. The first-order valence-corrected chi connectivity index (χ1v) is 9.19. The zero-order valence-corrected chi connectivity index (χ0v) is 15.5. The maximum Gasteiger partial charge on any atom is 0.307 e. The third kappa shape index (κ3) is 4.37. The van der Waals surface area contributed by atoms with E-state index in [1.54, 1.807) is 29.2 Å². The van der Waals surface area contributed by atoms with Gasteiger partial charge in [0.1, 0.15) is 0 Å². The van der Waals surface area contributed by atoms with Gasteiger partial charge >= 0.3 is 5.97 Å². The van der Waals surface area contributed by atoms with E-state index in [9.17, 15) is 14.7 Å². The average molecular weight is 396 g/mol. The lowest BCUT2D eigenvalue weighted by Gasteiger charge is -2.27. The number of hydrogen-bond acceptors (Lipinski definition) is 3. The van der Waals surface area contributed by atoms with Gasteiger partial charge in [-0.1, -0.05) is 42.1 Å². The van der Waals surface area contributed by atoms with Gasteiger partial charge < -0.3 is 10.4 Å². The van der Waals surface area contributed by atoms with Crippen LogP contribution in [0.3, 0.4) is 0 Å². The van der Waals surface area contributed by atoms with Crippen LogP contribution in [0, 0.1) is 11.8 Å². The third-order valence-corrected chi connectivity index (χ3v) is 5.26. The van der Waals surface area contributed by atoms with Gasteiger partial charge in [0.05, 0.1) is 30.3 Å². The van der Waals surface area contributed by atoms with Crippen LogP contribution in [-0.2, 0) is 16.1 Å². The van der Waals surface area contributed by atoms with Crippen molar-refractivity contribution in [1.29, 1.82) is 0 Å². The maximum absolute atomic E-state index is 12.5. The molecule has 138 valence electrons. The van der Waals surface area contributed by atoms with Crippen LogP contribution in [0.2, 0.25) is 10.0 Å². The van der Waals surface area contributed by atoms with Crippen molar-refractivity contribution in [3.8, 4) is 0 Å². The smallest absolute Gasteiger partial charge is 0.307 e. The maximum atomic E-state index is 12.5. The molecule has 0 saturated heterocycles. The summed E-state index contributed by atoms with van der Waals surface area (Å²) in [7, 11) is 0. The highest BCUT2D eigenvalue weighted by Crippen LogP contribution is 2.31. The molecular weight excluding hydrogens is 377 g/mol. The number of anilines is 1. The van der Waals surface area contributed by atoms with Crippen molar-refractivity contribution in [2.75, 3.05) is 5.32 Å². The van der Waals surface area contributed by atoms with Crippen molar-refractivity contribution in [3.05, 3.63) is 46.2 Å². The van der Waals surface area contributed by atoms with Crippen molar-refractivity contribution in [2.45, 2.75) is 32.2 Å². The van der Waals surface area contributed by atoms with E-state index in [1.165, 1.54) is 0 Å². The molecule has 1 aliphatic carbocycles. The number of hydrogen-bond donors (Lipinski definition) is 2. The SMILES string of the molecule is O=C(O)[C@@H]1CCCC[C@H]1C(=O)Nc1cnn(Cc2ccc(Cl)cc2Cl)c1. The molecule has 8 heteroatoms. The fraction of sp³-hybridized carbons (Fsp3) is 0.389. The van der Waals surface area contributed by atoms with Gasteiger partial charge in [-0.2, -0.15) is 5.10 Å². The number of rotatable bonds is 5. The van der Waals surface area contributed by atoms with E-state index in [0.717, 1.165) is 18.4 Å². The van der Waals surface area contributed by atoms with Crippen LogP contribution in [0.1, 0.15) is 31.2 Å². The van der Waals surface area contributed by atoms with Crippen molar-refractivity contribution >= 4 is 40.8 Å². The van der Waals surface area contributed by atoms with Crippen LogP contribution < -0.4 is 5.32 Å². The molecule has 1 aromatic heterocycles. The summed E-state index contributed by atoms with van der Waals surface area (Å²) >= 11 is 12.1. The van der Waals surface area contributed by atoms with Gasteiger partial charge in [-0.05, 0) is 30.5 Å². The number of aromatic nitrogens is 2. The fourth-order valence-corrected chi connectivity index (χ4v) is 3.78. The normalized spacial score (nSPS) is 19.9. The number of benzene rings is 1. The van der Waals surface area contributed by atoms with E-state index < -0.39 is 17.8 Å². The van der Waals surface area contributed by atoms with E-state index >= 15 is 0 Å². The molecule has 0 unspecified atom stereocenters. The van der Waals surface area contributed by atoms with E-state index in [0.29, 0.717) is 35.1 Å². The topological polar surface area (TPSA) is 84.2 Å². The minimum atomic E-state index is -0.905. The molecule has 2 aromatic rings. The molecule has 2 atom stereocenters. The Hall–Kier alpha value is -2.05. The van der Waals surface area contributed by atoms with Crippen molar-refractivity contribution in [2.24, 2.45) is 11.8 Å². The Morgan fingerprint density at radius 3 is 2.65 bits per heavy atom. The molecule has 1 saturated carbocycles. The lowest BCUT2D eigenvalue weighted by Crippen LogP contribution is -2.35. The van der Waals surface area contributed by atoms with Gasteiger partial charge in [0.25, 0.3) is 0 Å². The zero-order chi connectivity index (χ0) is 18.7. The number of nitrogens with zero attached hydrogens (tertiary/aromatic N) is 2. The molecule has 0 bridgehead atoms. The standard InChI is InChI=1S/C18H19Cl2N3O3/c19-12-6-5-11(16(20)7-12)9-23-10-13(8-21-23)22-17(24)14-3-1-2-4-15(14)18(25)26/h5-8,10,14-15H,1-4,9H2,(H,22,24)(H,25,26)/t14-,15-/m1/s1. The molecule has 0 aliphatic heterocycles. The number of carboxylic acids is 1. The summed E-state index contributed by atoms with van der Waals surface area (Å²) in [4.78, 5) is 23.9. The number of halogens is 2. The summed E-state index contributed by atoms with van der Waals surface area (Å²) in [6.45, 7) is 0.438. The first-order chi connectivity index (χ1) is 12.4. The molecule has 1 aromatic carbocycles. The molecule has 1 amide bonds. The number of carbonyl (C=O) groups excluding carboxylic acids is 1. The number of aliphatic carboxylic acids is 1. The summed E-state index contributed by atoms with van der Waals surface area (Å²) < 4.78 is 1.65. The summed E-state index contributed by atoms with van der Waals surface area (Å²) in [6, 6.07) is 5.24. The summed E-state index contributed by atoms with van der Waals surface area (Å²) in [5.74, 6) is -2.29. The second-order valence-electron chi connectivity index (χ2n) is 6.49. The highest BCUT2D eigenvalue weighted by Gasteiger charge is 2.35. The van der Waals surface area contributed by atoms with Gasteiger partial charge in [-0.25, -0.2) is 0 Å². The summed E-state index contributed by atoms with van der Waals surface area (Å²) in [6.07, 6.45) is 6.09. The molecule has 1 aliphatic rings. The summed E-state index contributed by atoms with van der Waals surface area (Å²) in [5, 5.41) is 17.4. The largest absolute Gasteiger partial charge is 0.481 e. The molecular formula is C18H19Cl2N3O3. The first kappa shape index (κ1) is 18.7. The molecule has 0 radical (unpaired) electrons. The van der Waals surface area contributed by atoms with Gasteiger partial charge in [-0.15, -0.1) is 0 Å². The lowest BCUT2D eigenvalue weighted by molar-refractivity contribution is -0.147. The number of carboxylic acid groups (broad SMARTS) is 1. The highest BCUT2D eigenvalue weighted by molar-refractivity contribution is 6.35. The molecule has 6 nitrogen and oxygen atoms in total. The predicted molar refractivity (Wildman–Crippen MR) is 99.5 cm³/mol. The zero-order valence-electron chi connectivity index (χ0n) is 14.0. The molecule has 1 heterocycles. The Morgan fingerprint density at radius 1 is 1.23 bits per heavy atom. The highest BCUT2D eigenvalue weighted by atomic mass is 35.5. The second kappa shape index (κ2) is 8.10. The van der Waals surface area contributed by atoms with Crippen LogP contribution >= 0.6 is 23.2 Å². The Labute approximate surface area is 161 Å². The quantitative estimate of drug-likeness (QED) is 0.798. The molecule has 3 rings (SSSR count). The van der Waals surface area contributed by atoms with E-state index in [1.807, 2.05) is 6.07 Å². The van der Waals surface area contributed by atoms with Crippen molar-refractivity contribution < 1.29 is 14.7 Å².